The van der Waals surface area contributed by atoms with Gasteiger partial charge in [-0.25, -0.2) is 4.98 Å². The number of hydrogen-bond donors (Lipinski definition) is 2. The van der Waals surface area contributed by atoms with Gasteiger partial charge in [0.2, 0.25) is 5.88 Å². The van der Waals surface area contributed by atoms with Crippen molar-refractivity contribution in [3.63, 3.8) is 0 Å². The van der Waals surface area contributed by atoms with E-state index < -0.39 is 0 Å². The normalized spacial score (nSPS) is 11.1. The summed E-state index contributed by atoms with van der Waals surface area (Å²) < 4.78 is 15.9. The molecule has 2 rings (SSSR count). The molecule has 0 unspecified atom stereocenters. The third-order valence-electron chi connectivity index (χ3n) is 3.55. The van der Waals surface area contributed by atoms with Crippen LogP contribution in [0.25, 0.3) is 0 Å². The second-order valence-corrected chi connectivity index (χ2v) is 5.48. The molecule has 0 atom stereocenters. The van der Waals surface area contributed by atoms with Crippen LogP contribution in [0.4, 0.5) is 5.69 Å². The van der Waals surface area contributed by atoms with Crippen LogP contribution in [-0.4, -0.2) is 45.4 Å². The Hall–Kier alpha value is -2.80. The molecule has 7 heteroatoms. The molecule has 0 fully saturated rings. The van der Waals surface area contributed by atoms with Crippen LogP contribution in [0.3, 0.4) is 0 Å². The molecule has 0 spiro atoms. The molecule has 7 nitrogen and oxygen atoms in total. The molecule has 1 heterocycles. The molecule has 0 bridgehead atoms. The maximum absolute atomic E-state index is 5.72. The van der Waals surface area contributed by atoms with Gasteiger partial charge in [0.05, 0.1) is 13.7 Å². The number of methoxy groups -OCH3 is 2. The highest BCUT2D eigenvalue weighted by Crippen LogP contribution is 2.17. The summed E-state index contributed by atoms with van der Waals surface area (Å²) in [5.41, 5.74) is 1.95. The summed E-state index contributed by atoms with van der Waals surface area (Å²) in [6, 6.07) is 11.6. The van der Waals surface area contributed by atoms with E-state index in [4.69, 9.17) is 14.2 Å². The van der Waals surface area contributed by atoms with Crippen molar-refractivity contribution in [2.45, 2.75) is 13.0 Å². The average Bonchev–Trinajstić information content (AvgIpc) is 2.69. The van der Waals surface area contributed by atoms with E-state index in [9.17, 15) is 0 Å². The minimum Gasteiger partial charge on any atom is -0.493 e. The van der Waals surface area contributed by atoms with E-state index in [0.29, 0.717) is 31.6 Å². The van der Waals surface area contributed by atoms with E-state index in [1.54, 1.807) is 27.5 Å². The highest BCUT2D eigenvalue weighted by molar-refractivity contribution is 5.93. The number of aromatic nitrogens is 1. The average molecular weight is 358 g/mol. The smallest absolute Gasteiger partial charge is 0.213 e. The van der Waals surface area contributed by atoms with Crippen LogP contribution >= 0.6 is 0 Å². The van der Waals surface area contributed by atoms with E-state index in [0.717, 1.165) is 23.4 Å². The summed E-state index contributed by atoms with van der Waals surface area (Å²) in [5.74, 6) is 2.06. The third-order valence-corrected chi connectivity index (χ3v) is 3.55. The first-order valence-corrected chi connectivity index (χ1v) is 8.43. The predicted octanol–water partition coefficient (Wildman–Crippen LogP) is 2.69. The van der Waals surface area contributed by atoms with E-state index in [1.807, 2.05) is 36.4 Å². The highest BCUT2D eigenvalue weighted by Gasteiger charge is 2.03. The molecule has 0 aliphatic rings. The molecule has 0 saturated heterocycles. The van der Waals surface area contributed by atoms with Gasteiger partial charge >= 0.3 is 0 Å². The molecular weight excluding hydrogens is 332 g/mol. The molecule has 2 aromatic rings. The summed E-state index contributed by atoms with van der Waals surface area (Å²) in [6.45, 7) is 1.91. The molecule has 0 radical (unpaired) electrons. The number of anilines is 1. The molecule has 0 saturated carbocycles. The summed E-state index contributed by atoms with van der Waals surface area (Å²) in [5, 5.41) is 6.52. The monoisotopic (exact) mass is 358 g/mol. The summed E-state index contributed by atoms with van der Waals surface area (Å²) >= 11 is 0. The SMILES string of the molecule is CN=C(NCc1ccnc(OC)c1)Nc1cccc(OCCCOC)c1. The van der Waals surface area contributed by atoms with E-state index in [1.165, 1.54) is 0 Å². The lowest BCUT2D eigenvalue weighted by atomic mass is 10.2. The molecule has 140 valence electrons. The van der Waals surface area contributed by atoms with Gasteiger partial charge in [-0.05, 0) is 23.8 Å². The molecular formula is C19H26N4O3. The van der Waals surface area contributed by atoms with E-state index >= 15 is 0 Å². The fraction of sp³-hybridized carbons (Fsp3) is 0.368. The number of hydrogen-bond acceptors (Lipinski definition) is 5. The zero-order chi connectivity index (χ0) is 18.6. The van der Waals surface area contributed by atoms with Crippen molar-refractivity contribution in [1.82, 2.24) is 10.3 Å². The molecule has 0 amide bonds. The fourth-order valence-electron chi connectivity index (χ4n) is 2.23. The van der Waals surface area contributed by atoms with Crippen molar-refractivity contribution < 1.29 is 14.2 Å². The van der Waals surface area contributed by atoms with E-state index in [2.05, 4.69) is 20.6 Å². The van der Waals surface area contributed by atoms with Gasteiger partial charge < -0.3 is 24.8 Å². The fourth-order valence-corrected chi connectivity index (χ4v) is 2.23. The maximum Gasteiger partial charge on any atom is 0.213 e. The lowest BCUT2D eigenvalue weighted by molar-refractivity contribution is 0.172. The number of pyridine rings is 1. The van der Waals surface area contributed by atoms with Gasteiger partial charge in [0.25, 0.3) is 0 Å². The van der Waals surface area contributed by atoms with Gasteiger partial charge in [-0.3, -0.25) is 4.99 Å². The number of rotatable bonds is 9. The van der Waals surface area contributed by atoms with Crippen LogP contribution in [0, 0.1) is 0 Å². The van der Waals surface area contributed by atoms with Crippen molar-refractivity contribution in [2.75, 3.05) is 39.8 Å². The van der Waals surface area contributed by atoms with Gasteiger partial charge in [0.1, 0.15) is 5.75 Å². The Kier molecular flexibility index (Phi) is 8.21. The first kappa shape index (κ1) is 19.5. The van der Waals surface area contributed by atoms with Crippen molar-refractivity contribution in [3.05, 3.63) is 48.2 Å². The lowest BCUT2D eigenvalue weighted by Crippen LogP contribution is -2.30. The van der Waals surface area contributed by atoms with E-state index in [-0.39, 0.29) is 0 Å². The third kappa shape index (κ3) is 6.60. The highest BCUT2D eigenvalue weighted by atomic mass is 16.5. The topological polar surface area (TPSA) is 77.0 Å². The molecule has 1 aromatic heterocycles. The summed E-state index contributed by atoms with van der Waals surface area (Å²) in [6.07, 6.45) is 2.57. The lowest BCUT2D eigenvalue weighted by Gasteiger charge is -2.13. The van der Waals surface area contributed by atoms with Crippen molar-refractivity contribution >= 4 is 11.6 Å². The standard InChI is InChI=1S/C19H26N4O3/c1-20-19(22-14-15-8-9-21-18(12-15)25-3)23-16-6-4-7-17(13-16)26-11-5-10-24-2/h4,6-9,12-13H,5,10-11,14H2,1-3H3,(H2,20,22,23). The van der Waals surface area contributed by atoms with Gasteiger partial charge in [-0.1, -0.05) is 6.07 Å². The zero-order valence-electron chi connectivity index (χ0n) is 15.5. The van der Waals surface area contributed by atoms with Gasteiger partial charge in [0, 0.05) is 57.7 Å². The zero-order valence-corrected chi connectivity index (χ0v) is 15.5. The number of benzene rings is 1. The molecule has 0 aliphatic carbocycles. The van der Waals surface area contributed by atoms with Crippen molar-refractivity contribution in [2.24, 2.45) is 4.99 Å². The van der Waals surface area contributed by atoms with Crippen LogP contribution in [0.1, 0.15) is 12.0 Å². The number of aliphatic imine (C=N–C) groups is 1. The van der Waals surface area contributed by atoms with Gasteiger partial charge in [-0.15, -0.1) is 0 Å². The molecule has 1 aromatic carbocycles. The molecule has 2 N–H and O–H groups in total. The Morgan fingerprint density at radius 1 is 1.15 bits per heavy atom. The van der Waals surface area contributed by atoms with Crippen molar-refractivity contribution in [3.8, 4) is 11.6 Å². The predicted molar refractivity (Wildman–Crippen MR) is 103 cm³/mol. The quantitative estimate of drug-likeness (QED) is 0.408. The second kappa shape index (κ2) is 10.9. The Morgan fingerprint density at radius 3 is 2.81 bits per heavy atom. The van der Waals surface area contributed by atoms with Crippen LogP contribution < -0.4 is 20.1 Å². The van der Waals surface area contributed by atoms with Crippen LogP contribution in [0.5, 0.6) is 11.6 Å². The second-order valence-electron chi connectivity index (χ2n) is 5.48. The first-order valence-electron chi connectivity index (χ1n) is 8.43. The van der Waals surface area contributed by atoms with Gasteiger partial charge in [-0.2, -0.15) is 0 Å². The minimum atomic E-state index is 0.588. The minimum absolute atomic E-state index is 0.588. The van der Waals surface area contributed by atoms with Crippen molar-refractivity contribution in [1.29, 1.82) is 0 Å². The number of guanidine groups is 1. The van der Waals surface area contributed by atoms with Gasteiger partial charge in [0.15, 0.2) is 5.96 Å². The number of ether oxygens (including phenoxy) is 3. The largest absolute Gasteiger partial charge is 0.493 e. The summed E-state index contributed by atoms with van der Waals surface area (Å²) in [4.78, 5) is 8.35. The molecule has 0 aliphatic heterocycles. The first-order chi connectivity index (χ1) is 12.7. The van der Waals surface area contributed by atoms with Crippen LogP contribution in [0.15, 0.2) is 47.6 Å². The Labute approximate surface area is 154 Å². The Morgan fingerprint density at radius 2 is 2.04 bits per heavy atom. The number of nitrogens with zero attached hydrogens (tertiary/aromatic N) is 2. The molecule has 26 heavy (non-hydrogen) atoms. The Balaban J connectivity index is 1.88. The maximum atomic E-state index is 5.72. The van der Waals surface area contributed by atoms with Crippen LogP contribution in [0.2, 0.25) is 0 Å². The number of nitrogens with one attached hydrogen (secondary N) is 2. The summed E-state index contributed by atoms with van der Waals surface area (Å²) in [7, 11) is 5.02. The Bertz CT molecular complexity index is 707. The van der Waals surface area contributed by atoms with Crippen LogP contribution in [-0.2, 0) is 11.3 Å².